The van der Waals surface area contributed by atoms with E-state index in [1.54, 1.807) is 11.1 Å². The fourth-order valence-electron chi connectivity index (χ4n) is 4.37. The van der Waals surface area contributed by atoms with Crippen LogP contribution in [0, 0.1) is 12.8 Å². The standard InChI is InChI=1S/C27H35N5O3/c1-18(2)17-35-27(34)31-12-8-11-30(13-14-31)26(33)22-15-24(21-10-7-6-9-20(21)5)29-25-23(22)16-28-32(25)19(3)4/h6-7,9-10,15-16,18-19H,8,11-14,17H2,1-5H3. The van der Waals surface area contributed by atoms with Gasteiger partial charge in [-0.05, 0) is 44.7 Å². The Balaban J connectivity index is 1.65. The number of carbonyl (C=O) groups excluding carboxylic acids is 2. The average molecular weight is 478 g/mol. The van der Waals surface area contributed by atoms with E-state index < -0.39 is 0 Å². The Morgan fingerprint density at radius 3 is 2.46 bits per heavy atom. The maximum absolute atomic E-state index is 13.8. The molecule has 186 valence electrons. The predicted octanol–water partition coefficient (Wildman–Crippen LogP) is 4.93. The molecule has 1 aliphatic heterocycles. The van der Waals surface area contributed by atoms with Gasteiger partial charge in [0.2, 0.25) is 0 Å². The number of pyridine rings is 1. The molecule has 0 radical (unpaired) electrons. The van der Waals surface area contributed by atoms with Gasteiger partial charge in [-0.15, -0.1) is 0 Å². The highest BCUT2D eigenvalue weighted by Crippen LogP contribution is 2.29. The van der Waals surface area contributed by atoms with Gasteiger partial charge in [-0.2, -0.15) is 5.10 Å². The van der Waals surface area contributed by atoms with Crippen molar-refractivity contribution in [2.75, 3.05) is 32.8 Å². The van der Waals surface area contributed by atoms with Crippen molar-refractivity contribution in [2.45, 2.75) is 47.1 Å². The van der Waals surface area contributed by atoms with Gasteiger partial charge in [0.25, 0.3) is 5.91 Å². The van der Waals surface area contributed by atoms with Gasteiger partial charge < -0.3 is 14.5 Å². The van der Waals surface area contributed by atoms with Crippen LogP contribution in [0.3, 0.4) is 0 Å². The second kappa shape index (κ2) is 10.5. The summed E-state index contributed by atoms with van der Waals surface area (Å²) >= 11 is 0. The van der Waals surface area contributed by atoms with Crippen LogP contribution < -0.4 is 0 Å². The number of hydrogen-bond acceptors (Lipinski definition) is 5. The number of carbonyl (C=O) groups is 2. The third-order valence-electron chi connectivity index (χ3n) is 6.29. The molecule has 8 nitrogen and oxygen atoms in total. The Hall–Kier alpha value is -3.42. The molecule has 8 heteroatoms. The van der Waals surface area contributed by atoms with E-state index in [1.807, 2.05) is 60.7 Å². The molecule has 1 saturated heterocycles. The van der Waals surface area contributed by atoms with Gasteiger partial charge >= 0.3 is 6.09 Å². The third-order valence-corrected chi connectivity index (χ3v) is 6.29. The Labute approximate surface area is 206 Å². The van der Waals surface area contributed by atoms with Crippen molar-refractivity contribution in [1.29, 1.82) is 0 Å². The summed E-state index contributed by atoms with van der Waals surface area (Å²) in [5.41, 5.74) is 4.15. The molecule has 1 aliphatic rings. The van der Waals surface area contributed by atoms with Crippen LogP contribution in [0.4, 0.5) is 4.79 Å². The number of ether oxygens (including phenoxy) is 1. The Kier molecular flexibility index (Phi) is 7.38. The molecule has 3 aromatic rings. The molecule has 0 N–H and O–H groups in total. The van der Waals surface area contributed by atoms with Crippen LogP contribution >= 0.6 is 0 Å². The lowest BCUT2D eigenvalue weighted by molar-refractivity contribution is 0.0748. The van der Waals surface area contributed by atoms with Gasteiger partial charge in [-0.1, -0.05) is 38.1 Å². The molecule has 1 aromatic carbocycles. The van der Waals surface area contributed by atoms with Gasteiger partial charge in [-0.25, -0.2) is 14.5 Å². The predicted molar refractivity (Wildman–Crippen MR) is 136 cm³/mol. The highest BCUT2D eigenvalue weighted by molar-refractivity contribution is 6.06. The van der Waals surface area contributed by atoms with Crippen molar-refractivity contribution in [3.8, 4) is 11.3 Å². The summed E-state index contributed by atoms with van der Waals surface area (Å²) in [6.07, 6.45) is 2.14. The average Bonchev–Trinajstić information content (AvgIpc) is 3.11. The monoisotopic (exact) mass is 477 g/mol. The molecule has 0 aliphatic carbocycles. The molecule has 0 atom stereocenters. The molecule has 0 spiro atoms. The number of aryl methyl sites for hydroxylation is 1. The molecule has 0 unspecified atom stereocenters. The lowest BCUT2D eigenvalue weighted by Crippen LogP contribution is -2.38. The summed E-state index contributed by atoms with van der Waals surface area (Å²) < 4.78 is 7.27. The van der Waals surface area contributed by atoms with Crippen LogP contribution in [0.2, 0.25) is 0 Å². The van der Waals surface area contributed by atoms with Crippen LogP contribution in [0.25, 0.3) is 22.3 Å². The normalized spacial score (nSPS) is 14.6. The molecule has 0 bridgehead atoms. The fraction of sp³-hybridized carbons (Fsp3) is 0.481. The summed E-state index contributed by atoms with van der Waals surface area (Å²) in [5.74, 6) is 0.222. The summed E-state index contributed by atoms with van der Waals surface area (Å²) in [7, 11) is 0. The molecule has 35 heavy (non-hydrogen) atoms. The van der Waals surface area contributed by atoms with Gasteiger partial charge in [0.1, 0.15) is 0 Å². The van der Waals surface area contributed by atoms with Crippen molar-refractivity contribution < 1.29 is 14.3 Å². The van der Waals surface area contributed by atoms with Gasteiger partial charge in [0.05, 0.1) is 29.4 Å². The molecule has 3 heterocycles. The largest absolute Gasteiger partial charge is 0.449 e. The zero-order chi connectivity index (χ0) is 25.1. The number of fused-ring (bicyclic) bond motifs is 1. The highest BCUT2D eigenvalue weighted by atomic mass is 16.6. The first-order valence-electron chi connectivity index (χ1n) is 12.4. The highest BCUT2D eigenvalue weighted by Gasteiger charge is 2.26. The number of nitrogens with zero attached hydrogens (tertiary/aromatic N) is 5. The summed E-state index contributed by atoms with van der Waals surface area (Å²) in [5, 5.41) is 5.29. The first-order chi connectivity index (χ1) is 16.8. The van der Waals surface area contributed by atoms with Crippen LogP contribution in [0.15, 0.2) is 36.5 Å². The molecule has 2 aromatic heterocycles. The zero-order valence-electron chi connectivity index (χ0n) is 21.3. The lowest BCUT2D eigenvalue weighted by Gasteiger charge is -2.23. The number of hydrogen-bond donors (Lipinski definition) is 0. The summed E-state index contributed by atoms with van der Waals surface area (Å²) in [4.78, 5) is 34.7. The number of rotatable bonds is 5. The lowest BCUT2D eigenvalue weighted by atomic mass is 10.0. The minimum atomic E-state index is -0.306. The van der Waals surface area contributed by atoms with Crippen LogP contribution in [0.5, 0.6) is 0 Å². The van der Waals surface area contributed by atoms with E-state index in [-0.39, 0.29) is 24.0 Å². The number of aromatic nitrogens is 3. The molecular formula is C27H35N5O3. The van der Waals surface area contributed by atoms with E-state index in [9.17, 15) is 9.59 Å². The molecule has 4 rings (SSSR count). The van der Waals surface area contributed by atoms with Crippen LogP contribution in [0.1, 0.15) is 56.1 Å². The first-order valence-corrected chi connectivity index (χ1v) is 12.4. The summed E-state index contributed by atoms with van der Waals surface area (Å²) in [6, 6.07) is 10.1. The second-order valence-electron chi connectivity index (χ2n) is 9.89. The molecule has 1 fully saturated rings. The zero-order valence-corrected chi connectivity index (χ0v) is 21.3. The van der Waals surface area contributed by atoms with E-state index in [2.05, 4.69) is 18.9 Å². The van der Waals surface area contributed by atoms with Gasteiger partial charge in [0, 0.05) is 37.8 Å². The van der Waals surface area contributed by atoms with Gasteiger partial charge in [-0.3, -0.25) is 4.79 Å². The van der Waals surface area contributed by atoms with Crippen molar-refractivity contribution >= 4 is 23.0 Å². The minimum Gasteiger partial charge on any atom is -0.449 e. The minimum absolute atomic E-state index is 0.0621. The fourth-order valence-corrected chi connectivity index (χ4v) is 4.37. The Morgan fingerprint density at radius 1 is 1.03 bits per heavy atom. The first kappa shape index (κ1) is 24.7. The van der Waals surface area contributed by atoms with E-state index in [1.165, 1.54) is 0 Å². The van der Waals surface area contributed by atoms with Crippen molar-refractivity contribution in [3.05, 3.63) is 47.7 Å². The van der Waals surface area contributed by atoms with E-state index in [0.717, 1.165) is 22.2 Å². The van der Waals surface area contributed by atoms with Crippen molar-refractivity contribution in [3.63, 3.8) is 0 Å². The SMILES string of the molecule is Cc1ccccc1-c1cc(C(=O)N2CCCN(C(=O)OCC(C)C)CC2)c2cnn(C(C)C)c2n1. The van der Waals surface area contributed by atoms with Crippen molar-refractivity contribution in [1.82, 2.24) is 24.6 Å². The Morgan fingerprint density at radius 2 is 1.74 bits per heavy atom. The summed E-state index contributed by atoms with van der Waals surface area (Å²) in [6.45, 7) is 12.6. The third kappa shape index (κ3) is 5.31. The maximum Gasteiger partial charge on any atom is 0.409 e. The topological polar surface area (TPSA) is 80.6 Å². The van der Waals surface area contributed by atoms with E-state index in [0.29, 0.717) is 50.4 Å². The van der Waals surface area contributed by atoms with E-state index in [4.69, 9.17) is 9.72 Å². The number of amides is 2. The Bertz CT molecular complexity index is 1220. The molecule has 0 saturated carbocycles. The maximum atomic E-state index is 13.8. The number of benzene rings is 1. The quantitative estimate of drug-likeness (QED) is 0.521. The molecule has 2 amide bonds. The van der Waals surface area contributed by atoms with Crippen LogP contribution in [-0.4, -0.2) is 69.4 Å². The van der Waals surface area contributed by atoms with Gasteiger partial charge in [0.15, 0.2) is 5.65 Å². The van der Waals surface area contributed by atoms with Crippen LogP contribution in [-0.2, 0) is 4.74 Å². The van der Waals surface area contributed by atoms with E-state index >= 15 is 0 Å². The molecular weight excluding hydrogens is 442 g/mol. The van der Waals surface area contributed by atoms with Crippen molar-refractivity contribution in [2.24, 2.45) is 5.92 Å². The smallest absolute Gasteiger partial charge is 0.409 e. The second-order valence-corrected chi connectivity index (χ2v) is 9.89.